The van der Waals surface area contributed by atoms with Gasteiger partial charge in [-0.2, -0.15) is 0 Å². The third kappa shape index (κ3) is 4.11. The smallest absolute Gasteiger partial charge is 0.255 e. The summed E-state index contributed by atoms with van der Waals surface area (Å²) < 4.78 is 0. The molecule has 0 saturated carbocycles. The first-order valence-electron chi connectivity index (χ1n) is 9.59. The van der Waals surface area contributed by atoms with Gasteiger partial charge in [0.05, 0.1) is 16.6 Å². The minimum Gasteiger partial charge on any atom is -0.329 e. The van der Waals surface area contributed by atoms with E-state index in [0.29, 0.717) is 17.1 Å². The summed E-state index contributed by atoms with van der Waals surface area (Å²) in [5, 5.41) is 0.506. The van der Waals surface area contributed by atoms with Crippen molar-refractivity contribution in [2.75, 3.05) is 19.6 Å². The fraction of sp³-hybridized carbons (Fsp3) is 0.208. The zero-order valence-corrected chi connectivity index (χ0v) is 16.4. The number of hydrogen-bond acceptors (Lipinski definition) is 2. The predicted molar refractivity (Wildman–Crippen MR) is 113 cm³/mol. The molecule has 3 aromatic rings. The maximum absolute atomic E-state index is 13.3. The lowest BCUT2D eigenvalue weighted by Gasteiger charge is -2.42. The number of benzene rings is 3. The van der Waals surface area contributed by atoms with Gasteiger partial charge in [-0.05, 0) is 23.3 Å². The van der Waals surface area contributed by atoms with Crippen molar-refractivity contribution in [3.63, 3.8) is 0 Å². The van der Waals surface area contributed by atoms with Crippen molar-refractivity contribution in [1.29, 1.82) is 0 Å². The van der Waals surface area contributed by atoms with Crippen LogP contribution >= 0.6 is 11.6 Å². The van der Waals surface area contributed by atoms with Crippen LogP contribution in [0.15, 0.2) is 84.9 Å². The summed E-state index contributed by atoms with van der Waals surface area (Å²) in [6, 6.07) is 28.1. The number of hydrogen-bond donors (Lipinski definition) is 0. The van der Waals surface area contributed by atoms with Crippen molar-refractivity contribution in [2.24, 2.45) is 0 Å². The first-order valence-corrected chi connectivity index (χ1v) is 9.97. The maximum Gasteiger partial charge on any atom is 0.255 e. The summed E-state index contributed by atoms with van der Waals surface area (Å²) in [6.07, 6.45) is 0. The van der Waals surface area contributed by atoms with Crippen LogP contribution < -0.4 is 0 Å². The van der Waals surface area contributed by atoms with Crippen molar-refractivity contribution >= 4 is 17.5 Å². The first kappa shape index (κ1) is 18.7. The molecule has 4 heteroatoms. The lowest BCUT2D eigenvalue weighted by atomic mass is 10.0. The van der Waals surface area contributed by atoms with Crippen molar-refractivity contribution in [1.82, 2.24) is 9.80 Å². The molecule has 142 valence electrons. The molecule has 0 radical (unpaired) electrons. The van der Waals surface area contributed by atoms with E-state index in [9.17, 15) is 4.79 Å². The lowest BCUT2D eigenvalue weighted by molar-refractivity contribution is 0.0434. The Balaban J connectivity index is 1.60. The average Bonchev–Trinajstić information content (AvgIpc) is 2.75. The van der Waals surface area contributed by atoms with Gasteiger partial charge in [-0.1, -0.05) is 84.4 Å². The second-order valence-electron chi connectivity index (χ2n) is 7.13. The average molecular weight is 391 g/mol. The van der Waals surface area contributed by atoms with Gasteiger partial charge in [0.25, 0.3) is 5.91 Å². The molecule has 1 aliphatic heterocycles. The molecule has 0 N–H and O–H groups in total. The molecule has 1 heterocycles. The highest BCUT2D eigenvalue weighted by Gasteiger charge is 2.32. The maximum atomic E-state index is 13.3. The van der Waals surface area contributed by atoms with Crippen molar-refractivity contribution in [2.45, 2.75) is 12.6 Å². The minimum absolute atomic E-state index is 0.00110. The summed E-state index contributed by atoms with van der Waals surface area (Å²) in [7, 11) is 0. The molecule has 3 aromatic carbocycles. The summed E-state index contributed by atoms with van der Waals surface area (Å²) >= 11 is 6.31. The molecule has 1 unspecified atom stereocenters. The fourth-order valence-electron chi connectivity index (χ4n) is 3.82. The Labute approximate surface area is 171 Å². The molecule has 1 atom stereocenters. The molecular weight excluding hydrogens is 368 g/mol. The van der Waals surface area contributed by atoms with Crippen LogP contribution in [-0.4, -0.2) is 35.3 Å². The number of carbonyl (C=O) groups excluding carboxylic acids is 1. The van der Waals surface area contributed by atoms with E-state index < -0.39 is 0 Å². The lowest BCUT2D eigenvalue weighted by Crippen LogP contribution is -2.50. The third-order valence-electron chi connectivity index (χ3n) is 5.26. The number of amides is 1. The highest BCUT2D eigenvalue weighted by molar-refractivity contribution is 6.33. The molecule has 0 aliphatic carbocycles. The number of carbonyl (C=O) groups is 1. The van der Waals surface area contributed by atoms with Crippen LogP contribution in [0.25, 0.3) is 0 Å². The molecule has 0 bridgehead atoms. The van der Waals surface area contributed by atoms with E-state index in [2.05, 4.69) is 41.3 Å². The van der Waals surface area contributed by atoms with E-state index in [1.807, 2.05) is 47.4 Å². The molecule has 1 aliphatic rings. The van der Waals surface area contributed by atoms with Gasteiger partial charge in [-0.25, -0.2) is 0 Å². The summed E-state index contributed by atoms with van der Waals surface area (Å²) in [5.41, 5.74) is 3.02. The number of nitrogens with zero attached hydrogens (tertiary/aromatic N) is 2. The molecule has 4 rings (SSSR count). The van der Waals surface area contributed by atoms with Crippen molar-refractivity contribution in [3.05, 3.63) is 107 Å². The normalized spacial score (nSPS) is 17.5. The molecular formula is C24H23ClN2O. The fourth-order valence-corrected chi connectivity index (χ4v) is 4.03. The Morgan fingerprint density at radius 3 is 2.21 bits per heavy atom. The highest BCUT2D eigenvalue weighted by Crippen LogP contribution is 2.29. The first-order chi connectivity index (χ1) is 13.7. The number of piperazine rings is 1. The molecule has 1 amide bonds. The molecule has 1 fully saturated rings. The van der Waals surface area contributed by atoms with Crippen LogP contribution in [0.5, 0.6) is 0 Å². The molecule has 0 spiro atoms. The van der Waals surface area contributed by atoms with E-state index in [1.165, 1.54) is 5.56 Å². The van der Waals surface area contributed by atoms with Gasteiger partial charge in [-0.15, -0.1) is 0 Å². The number of halogens is 1. The molecule has 0 aromatic heterocycles. The molecule has 28 heavy (non-hydrogen) atoms. The van der Waals surface area contributed by atoms with Gasteiger partial charge >= 0.3 is 0 Å². The molecule has 3 nitrogen and oxygen atoms in total. The van der Waals surface area contributed by atoms with Crippen LogP contribution in [0.3, 0.4) is 0 Å². The van der Waals surface area contributed by atoms with Crippen LogP contribution in [0.4, 0.5) is 0 Å². The van der Waals surface area contributed by atoms with Crippen LogP contribution in [0, 0.1) is 0 Å². The quantitative estimate of drug-likeness (QED) is 0.623. The van der Waals surface area contributed by atoms with E-state index in [1.54, 1.807) is 6.07 Å². The van der Waals surface area contributed by atoms with E-state index in [-0.39, 0.29) is 11.9 Å². The van der Waals surface area contributed by atoms with E-state index in [0.717, 1.165) is 25.2 Å². The second kappa shape index (κ2) is 8.59. The summed E-state index contributed by atoms with van der Waals surface area (Å²) in [6.45, 7) is 3.21. The Hall–Kier alpha value is -2.62. The Kier molecular flexibility index (Phi) is 5.75. The Bertz CT molecular complexity index is 930. The third-order valence-corrected chi connectivity index (χ3v) is 5.59. The van der Waals surface area contributed by atoms with Gasteiger partial charge in [-0.3, -0.25) is 9.69 Å². The zero-order chi connectivity index (χ0) is 19.3. The van der Waals surface area contributed by atoms with Gasteiger partial charge in [0, 0.05) is 26.2 Å². The molecule has 1 saturated heterocycles. The monoisotopic (exact) mass is 390 g/mol. The topological polar surface area (TPSA) is 23.6 Å². The highest BCUT2D eigenvalue weighted by atomic mass is 35.5. The van der Waals surface area contributed by atoms with E-state index >= 15 is 0 Å². The SMILES string of the molecule is O=C(c1ccccc1Cl)N1CCN(Cc2ccccc2)CC1c1ccccc1. The zero-order valence-electron chi connectivity index (χ0n) is 15.7. The van der Waals surface area contributed by atoms with E-state index in [4.69, 9.17) is 11.6 Å². The standard InChI is InChI=1S/C24H23ClN2O/c25-22-14-8-7-13-21(22)24(28)27-16-15-26(17-19-9-3-1-4-10-19)18-23(27)20-11-5-2-6-12-20/h1-14,23H,15-18H2. The predicted octanol–water partition coefficient (Wildman–Crippen LogP) is 5.04. The number of rotatable bonds is 4. The van der Waals surface area contributed by atoms with Gasteiger partial charge in [0.2, 0.25) is 0 Å². The van der Waals surface area contributed by atoms with Crippen molar-refractivity contribution in [3.8, 4) is 0 Å². The van der Waals surface area contributed by atoms with Crippen LogP contribution in [-0.2, 0) is 6.54 Å². The van der Waals surface area contributed by atoms with Gasteiger partial charge < -0.3 is 4.90 Å². The Morgan fingerprint density at radius 2 is 1.50 bits per heavy atom. The summed E-state index contributed by atoms with van der Waals surface area (Å²) in [4.78, 5) is 17.7. The van der Waals surface area contributed by atoms with Crippen LogP contribution in [0.1, 0.15) is 27.5 Å². The van der Waals surface area contributed by atoms with Crippen molar-refractivity contribution < 1.29 is 4.79 Å². The largest absolute Gasteiger partial charge is 0.329 e. The second-order valence-corrected chi connectivity index (χ2v) is 7.53. The van der Waals surface area contributed by atoms with Gasteiger partial charge in [0.1, 0.15) is 0 Å². The Morgan fingerprint density at radius 1 is 0.857 bits per heavy atom. The summed E-state index contributed by atoms with van der Waals surface area (Å²) in [5.74, 6) is -0.00110. The van der Waals surface area contributed by atoms with Gasteiger partial charge in [0.15, 0.2) is 0 Å². The minimum atomic E-state index is -0.00110. The van der Waals surface area contributed by atoms with Crippen LogP contribution in [0.2, 0.25) is 5.02 Å².